The molecule has 1 heterocycles. The van der Waals surface area contributed by atoms with E-state index in [1.54, 1.807) is 6.92 Å². The molecule has 1 unspecified atom stereocenters. The highest BCUT2D eigenvalue weighted by Crippen LogP contribution is 2.05. The van der Waals surface area contributed by atoms with Crippen LogP contribution in [0.15, 0.2) is 6.33 Å². The lowest BCUT2D eigenvalue weighted by molar-refractivity contribution is 0.560. The van der Waals surface area contributed by atoms with E-state index in [0.717, 1.165) is 0 Å². The van der Waals surface area contributed by atoms with Gasteiger partial charge in [-0.25, -0.2) is 18.1 Å². The van der Waals surface area contributed by atoms with Crippen LogP contribution in [-0.4, -0.2) is 35.9 Å². The molecule has 0 aliphatic rings. The van der Waals surface area contributed by atoms with Gasteiger partial charge in [-0.1, -0.05) is 0 Å². The Labute approximate surface area is 82.2 Å². The van der Waals surface area contributed by atoms with E-state index in [0.29, 0.717) is 5.82 Å². The minimum Gasteiger partial charge on any atom is -0.329 e. The van der Waals surface area contributed by atoms with Crippen molar-refractivity contribution < 1.29 is 8.42 Å². The van der Waals surface area contributed by atoms with Gasteiger partial charge >= 0.3 is 0 Å². The Morgan fingerprint density at radius 2 is 2.43 bits per heavy atom. The summed E-state index contributed by atoms with van der Waals surface area (Å²) in [5, 5.41) is 6.21. The number of nitrogens with zero attached hydrogens (tertiary/aromatic N) is 2. The number of aromatic amines is 1. The second-order valence-electron chi connectivity index (χ2n) is 2.82. The van der Waals surface area contributed by atoms with Crippen LogP contribution in [0.4, 0.5) is 0 Å². The van der Waals surface area contributed by atoms with Crippen molar-refractivity contribution in [1.82, 2.24) is 19.9 Å². The van der Waals surface area contributed by atoms with Gasteiger partial charge in [-0.05, 0) is 6.92 Å². The molecule has 7 nitrogen and oxygen atoms in total. The van der Waals surface area contributed by atoms with E-state index in [9.17, 15) is 8.42 Å². The SMILES string of the molecule is CC(NS(=O)(=O)CCN)c1ncn[nH]1. The predicted octanol–water partition coefficient (Wildman–Crippen LogP) is -1.26. The van der Waals surface area contributed by atoms with E-state index in [1.807, 2.05) is 0 Å². The summed E-state index contributed by atoms with van der Waals surface area (Å²) in [7, 11) is -3.32. The van der Waals surface area contributed by atoms with Crippen molar-refractivity contribution in [2.45, 2.75) is 13.0 Å². The fourth-order valence-electron chi connectivity index (χ4n) is 0.963. The number of nitrogens with one attached hydrogen (secondary N) is 2. The molecule has 0 radical (unpaired) electrons. The lowest BCUT2D eigenvalue weighted by atomic mass is 10.3. The van der Waals surface area contributed by atoms with Crippen LogP contribution in [0.3, 0.4) is 0 Å². The van der Waals surface area contributed by atoms with E-state index in [2.05, 4.69) is 19.9 Å². The normalized spacial score (nSPS) is 14.1. The Bertz CT molecular complexity index is 360. The van der Waals surface area contributed by atoms with Crippen LogP contribution >= 0.6 is 0 Å². The summed E-state index contributed by atoms with van der Waals surface area (Å²) in [6.45, 7) is 1.77. The Morgan fingerprint density at radius 1 is 1.71 bits per heavy atom. The van der Waals surface area contributed by atoms with Gasteiger partial charge in [0.25, 0.3) is 0 Å². The van der Waals surface area contributed by atoms with Crippen molar-refractivity contribution in [3.8, 4) is 0 Å². The van der Waals surface area contributed by atoms with Gasteiger partial charge < -0.3 is 5.73 Å². The molecule has 8 heteroatoms. The van der Waals surface area contributed by atoms with Crippen LogP contribution in [0.5, 0.6) is 0 Å². The summed E-state index contributed by atoms with van der Waals surface area (Å²) in [5.74, 6) is 0.386. The van der Waals surface area contributed by atoms with Crippen molar-refractivity contribution >= 4 is 10.0 Å². The first-order valence-corrected chi connectivity index (χ1v) is 5.75. The van der Waals surface area contributed by atoms with Gasteiger partial charge in [-0.15, -0.1) is 0 Å². The van der Waals surface area contributed by atoms with Crippen molar-refractivity contribution in [1.29, 1.82) is 0 Å². The maximum atomic E-state index is 11.3. The van der Waals surface area contributed by atoms with Crippen LogP contribution in [-0.2, 0) is 10.0 Å². The average Bonchev–Trinajstić information content (AvgIpc) is 2.53. The zero-order valence-corrected chi connectivity index (χ0v) is 8.58. The van der Waals surface area contributed by atoms with Crippen molar-refractivity contribution in [3.05, 3.63) is 12.2 Å². The summed E-state index contributed by atoms with van der Waals surface area (Å²) in [5.41, 5.74) is 5.15. The second-order valence-corrected chi connectivity index (χ2v) is 4.69. The lowest BCUT2D eigenvalue weighted by Gasteiger charge is -2.10. The topological polar surface area (TPSA) is 114 Å². The Balaban J connectivity index is 2.61. The summed E-state index contributed by atoms with van der Waals surface area (Å²) >= 11 is 0. The first kappa shape index (κ1) is 11.1. The van der Waals surface area contributed by atoms with Crippen molar-refractivity contribution in [2.24, 2.45) is 5.73 Å². The molecule has 0 aliphatic carbocycles. The number of aromatic nitrogens is 3. The molecule has 0 aliphatic heterocycles. The lowest BCUT2D eigenvalue weighted by Crippen LogP contribution is -2.32. The van der Waals surface area contributed by atoms with Gasteiger partial charge in [0.1, 0.15) is 12.2 Å². The molecule has 0 saturated heterocycles. The summed E-state index contributed by atoms with van der Waals surface area (Å²) in [6.07, 6.45) is 1.32. The van der Waals surface area contributed by atoms with Crippen LogP contribution in [0.2, 0.25) is 0 Å². The molecule has 14 heavy (non-hydrogen) atoms. The van der Waals surface area contributed by atoms with Crippen LogP contribution in [0.25, 0.3) is 0 Å². The zero-order valence-electron chi connectivity index (χ0n) is 7.77. The fourth-order valence-corrected chi connectivity index (χ4v) is 2.04. The fraction of sp³-hybridized carbons (Fsp3) is 0.667. The molecule has 1 aromatic heterocycles. The third kappa shape index (κ3) is 3.05. The minimum atomic E-state index is -3.32. The van der Waals surface area contributed by atoms with Gasteiger partial charge in [0.15, 0.2) is 0 Å². The highest BCUT2D eigenvalue weighted by Gasteiger charge is 2.16. The molecule has 80 valence electrons. The minimum absolute atomic E-state index is 0.0918. The van der Waals surface area contributed by atoms with Crippen LogP contribution < -0.4 is 10.5 Å². The monoisotopic (exact) mass is 219 g/mol. The Kier molecular flexibility index (Phi) is 3.55. The molecule has 1 aromatic rings. The molecule has 0 fully saturated rings. The van der Waals surface area contributed by atoms with Crippen molar-refractivity contribution in [3.63, 3.8) is 0 Å². The first-order chi connectivity index (χ1) is 6.55. The summed E-state index contributed by atoms with van der Waals surface area (Å²) < 4.78 is 25.0. The third-order valence-electron chi connectivity index (χ3n) is 1.59. The van der Waals surface area contributed by atoms with E-state index < -0.39 is 16.1 Å². The molecule has 0 saturated carbocycles. The van der Waals surface area contributed by atoms with Gasteiger partial charge in [0, 0.05) is 6.54 Å². The van der Waals surface area contributed by atoms with Gasteiger partial charge in [-0.3, -0.25) is 5.10 Å². The number of rotatable bonds is 5. The first-order valence-electron chi connectivity index (χ1n) is 4.10. The maximum Gasteiger partial charge on any atom is 0.213 e. The number of hydrogen-bond donors (Lipinski definition) is 3. The van der Waals surface area contributed by atoms with Gasteiger partial charge in [0.2, 0.25) is 10.0 Å². The molecule has 0 spiro atoms. The smallest absolute Gasteiger partial charge is 0.213 e. The summed E-state index contributed by atoms with van der Waals surface area (Å²) in [4.78, 5) is 3.84. The molecule has 0 bridgehead atoms. The summed E-state index contributed by atoms with van der Waals surface area (Å²) in [6, 6.07) is -0.422. The number of sulfonamides is 1. The molecular formula is C6H13N5O2S. The van der Waals surface area contributed by atoms with E-state index in [4.69, 9.17) is 5.73 Å². The van der Waals surface area contributed by atoms with Gasteiger partial charge in [-0.2, -0.15) is 5.10 Å². The quantitative estimate of drug-likeness (QED) is 0.572. The van der Waals surface area contributed by atoms with Crippen LogP contribution in [0, 0.1) is 0 Å². The van der Waals surface area contributed by atoms with Gasteiger partial charge in [0.05, 0.1) is 11.8 Å². The molecular weight excluding hydrogens is 206 g/mol. The largest absolute Gasteiger partial charge is 0.329 e. The Hall–Kier alpha value is -0.990. The standard InChI is InChI=1S/C6H13N5O2S/c1-5(6-8-4-9-10-6)11-14(12,13)3-2-7/h4-5,11H,2-3,7H2,1H3,(H,8,9,10). The molecule has 4 N–H and O–H groups in total. The predicted molar refractivity (Wildman–Crippen MR) is 50.8 cm³/mol. The third-order valence-corrected chi connectivity index (χ3v) is 3.07. The number of H-pyrrole nitrogens is 1. The molecule has 0 amide bonds. The van der Waals surface area contributed by atoms with E-state index >= 15 is 0 Å². The van der Waals surface area contributed by atoms with Crippen molar-refractivity contribution in [2.75, 3.05) is 12.3 Å². The van der Waals surface area contributed by atoms with Crippen LogP contribution in [0.1, 0.15) is 18.8 Å². The molecule has 1 atom stereocenters. The average molecular weight is 219 g/mol. The maximum absolute atomic E-state index is 11.3. The highest BCUT2D eigenvalue weighted by molar-refractivity contribution is 7.89. The number of nitrogens with two attached hydrogens (primary N) is 1. The highest BCUT2D eigenvalue weighted by atomic mass is 32.2. The Morgan fingerprint density at radius 3 is 2.93 bits per heavy atom. The zero-order chi connectivity index (χ0) is 10.6. The molecule has 0 aromatic carbocycles. The number of hydrogen-bond acceptors (Lipinski definition) is 5. The molecule has 1 rings (SSSR count). The van der Waals surface area contributed by atoms with E-state index in [1.165, 1.54) is 6.33 Å². The second kappa shape index (κ2) is 4.49. The van der Waals surface area contributed by atoms with E-state index in [-0.39, 0.29) is 12.3 Å².